The summed E-state index contributed by atoms with van der Waals surface area (Å²) in [6.45, 7) is 0.946. The van der Waals surface area contributed by atoms with Crippen LogP contribution in [0, 0.1) is 0 Å². The van der Waals surface area contributed by atoms with Gasteiger partial charge < -0.3 is 9.88 Å². The van der Waals surface area contributed by atoms with Crippen molar-refractivity contribution in [3.8, 4) is 0 Å². The fraction of sp³-hybridized carbons (Fsp3) is 0.700. The van der Waals surface area contributed by atoms with E-state index >= 15 is 0 Å². The van der Waals surface area contributed by atoms with Gasteiger partial charge in [0.25, 0.3) is 0 Å². The van der Waals surface area contributed by atoms with Gasteiger partial charge in [-0.1, -0.05) is 0 Å². The van der Waals surface area contributed by atoms with Crippen molar-refractivity contribution in [2.45, 2.75) is 25.4 Å². The van der Waals surface area contributed by atoms with E-state index in [1.54, 1.807) is 0 Å². The Kier molecular flexibility index (Phi) is 3.48. The maximum atomic E-state index is 4.10. The molecule has 0 aliphatic carbocycles. The first kappa shape index (κ1) is 10.1. The Morgan fingerprint density at radius 1 is 1.71 bits per heavy atom. The van der Waals surface area contributed by atoms with Crippen LogP contribution in [0.2, 0.25) is 0 Å². The van der Waals surface area contributed by atoms with Crippen molar-refractivity contribution in [3.63, 3.8) is 0 Å². The summed E-state index contributed by atoms with van der Waals surface area (Å²) in [5, 5.41) is 3.58. The van der Waals surface area contributed by atoms with Gasteiger partial charge in [-0.05, 0) is 18.6 Å². The third kappa shape index (κ3) is 2.51. The predicted molar refractivity (Wildman–Crippen MR) is 60.4 cm³/mol. The molecule has 1 aliphatic rings. The molecule has 1 aromatic heterocycles. The first-order valence-corrected chi connectivity index (χ1v) is 6.28. The van der Waals surface area contributed by atoms with Crippen molar-refractivity contribution in [1.29, 1.82) is 0 Å². The Morgan fingerprint density at radius 3 is 3.29 bits per heavy atom. The molecule has 1 aliphatic heterocycles. The summed E-state index contributed by atoms with van der Waals surface area (Å²) in [5.74, 6) is 2.60. The molecular formula is C10H17N3S. The van der Waals surface area contributed by atoms with Crippen molar-refractivity contribution < 1.29 is 0 Å². The second-order valence-electron chi connectivity index (χ2n) is 3.79. The lowest BCUT2D eigenvalue weighted by molar-refractivity contribution is 0.499. The maximum absolute atomic E-state index is 4.10. The molecule has 1 fully saturated rings. The third-order valence-electron chi connectivity index (χ3n) is 2.65. The average molecular weight is 211 g/mol. The van der Waals surface area contributed by atoms with Crippen LogP contribution in [0.5, 0.6) is 0 Å². The summed E-state index contributed by atoms with van der Waals surface area (Å²) in [5.41, 5.74) is 1.26. The Bertz CT molecular complexity index is 279. The van der Waals surface area contributed by atoms with E-state index in [1.165, 1.54) is 30.0 Å². The molecule has 14 heavy (non-hydrogen) atoms. The molecular weight excluding hydrogens is 194 g/mol. The molecule has 0 spiro atoms. The average Bonchev–Trinajstić information content (AvgIpc) is 2.63. The van der Waals surface area contributed by atoms with E-state index in [9.17, 15) is 0 Å². The summed E-state index contributed by atoms with van der Waals surface area (Å²) >= 11 is 2.06. The SMILES string of the molecule is Cn1cncc1CNC1CCCSC1. The number of hydrogen-bond acceptors (Lipinski definition) is 3. The minimum atomic E-state index is 0.698. The molecule has 2 heterocycles. The molecule has 1 saturated heterocycles. The van der Waals surface area contributed by atoms with Crippen molar-refractivity contribution in [3.05, 3.63) is 18.2 Å². The molecule has 1 unspecified atom stereocenters. The Morgan fingerprint density at radius 2 is 2.64 bits per heavy atom. The molecule has 78 valence electrons. The Labute approximate surface area is 89.3 Å². The molecule has 0 saturated carbocycles. The number of aryl methyl sites for hydroxylation is 1. The fourth-order valence-corrected chi connectivity index (χ4v) is 2.81. The predicted octanol–water partition coefficient (Wildman–Crippen LogP) is 1.41. The zero-order valence-corrected chi connectivity index (χ0v) is 9.39. The quantitative estimate of drug-likeness (QED) is 0.820. The molecule has 0 amide bonds. The molecule has 3 nitrogen and oxygen atoms in total. The molecule has 1 aromatic rings. The zero-order chi connectivity index (χ0) is 9.80. The molecule has 4 heteroatoms. The van der Waals surface area contributed by atoms with Gasteiger partial charge in [0.15, 0.2) is 0 Å². The standard InChI is InChI=1S/C10H17N3S/c1-13-8-11-5-10(13)6-12-9-3-2-4-14-7-9/h5,8-9,12H,2-4,6-7H2,1H3. The summed E-state index contributed by atoms with van der Waals surface area (Å²) in [7, 11) is 2.04. The number of rotatable bonds is 3. The summed E-state index contributed by atoms with van der Waals surface area (Å²) in [6.07, 6.45) is 6.47. The van der Waals surface area contributed by atoms with Crippen molar-refractivity contribution in [1.82, 2.24) is 14.9 Å². The van der Waals surface area contributed by atoms with Gasteiger partial charge in [0.05, 0.1) is 12.0 Å². The van der Waals surface area contributed by atoms with E-state index in [0.717, 1.165) is 6.54 Å². The first-order valence-electron chi connectivity index (χ1n) is 5.12. The molecule has 1 N–H and O–H groups in total. The summed E-state index contributed by atoms with van der Waals surface area (Å²) in [4.78, 5) is 4.10. The number of nitrogens with one attached hydrogen (secondary N) is 1. The largest absolute Gasteiger partial charge is 0.337 e. The second kappa shape index (κ2) is 4.84. The van der Waals surface area contributed by atoms with Gasteiger partial charge in [0, 0.05) is 31.6 Å². The summed E-state index contributed by atoms with van der Waals surface area (Å²) < 4.78 is 2.07. The van der Waals surface area contributed by atoms with Gasteiger partial charge in [0.1, 0.15) is 0 Å². The first-order chi connectivity index (χ1) is 6.86. The number of imidazole rings is 1. The molecule has 0 aromatic carbocycles. The number of aromatic nitrogens is 2. The highest BCUT2D eigenvalue weighted by Gasteiger charge is 2.12. The van der Waals surface area contributed by atoms with Gasteiger partial charge >= 0.3 is 0 Å². The van der Waals surface area contributed by atoms with Crippen molar-refractivity contribution >= 4 is 11.8 Å². The molecule has 0 bridgehead atoms. The highest BCUT2D eigenvalue weighted by atomic mass is 32.2. The minimum absolute atomic E-state index is 0.698. The monoisotopic (exact) mass is 211 g/mol. The number of thioether (sulfide) groups is 1. The number of hydrogen-bond donors (Lipinski definition) is 1. The molecule has 2 rings (SSSR count). The van der Waals surface area contributed by atoms with Crippen molar-refractivity contribution in [2.75, 3.05) is 11.5 Å². The second-order valence-corrected chi connectivity index (χ2v) is 4.94. The van der Waals surface area contributed by atoms with Crippen LogP contribution in [0.25, 0.3) is 0 Å². The Hall–Kier alpha value is -0.480. The van der Waals surface area contributed by atoms with Crippen LogP contribution in [0.3, 0.4) is 0 Å². The van der Waals surface area contributed by atoms with Crippen LogP contribution in [0.4, 0.5) is 0 Å². The van der Waals surface area contributed by atoms with E-state index in [4.69, 9.17) is 0 Å². The van der Waals surface area contributed by atoms with Crippen LogP contribution in [-0.4, -0.2) is 27.1 Å². The summed E-state index contributed by atoms with van der Waals surface area (Å²) in [6, 6.07) is 0.698. The lowest BCUT2D eigenvalue weighted by Crippen LogP contribution is -2.33. The highest BCUT2D eigenvalue weighted by molar-refractivity contribution is 7.99. The lowest BCUT2D eigenvalue weighted by atomic mass is 10.2. The van der Waals surface area contributed by atoms with Crippen LogP contribution >= 0.6 is 11.8 Å². The zero-order valence-electron chi connectivity index (χ0n) is 8.57. The normalized spacial score (nSPS) is 22.5. The van der Waals surface area contributed by atoms with Crippen LogP contribution < -0.4 is 5.32 Å². The smallest absolute Gasteiger partial charge is 0.0945 e. The highest BCUT2D eigenvalue weighted by Crippen LogP contribution is 2.17. The number of nitrogens with zero attached hydrogens (tertiary/aromatic N) is 2. The minimum Gasteiger partial charge on any atom is -0.337 e. The fourth-order valence-electron chi connectivity index (χ4n) is 1.71. The van der Waals surface area contributed by atoms with Gasteiger partial charge in [-0.2, -0.15) is 11.8 Å². The Balaban J connectivity index is 1.79. The van der Waals surface area contributed by atoms with E-state index in [-0.39, 0.29) is 0 Å². The van der Waals surface area contributed by atoms with Gasteiger partial charge in [-0.3, -0.25) is 0 Å². The van der Waals surface area contributed by atoms with Crippen LogP contribution in [0.15, 0.2) is 12.5 Å². The van der Waals surface area contributed by atoms with E-state index in [1.807, 2.05) is 19.6 Å². The van der Waals surface area contributed by atoms with Gasteiger partial charge in [-0.25, -0.2) is 4.98 Å². The van der Waals surface area contributed by atoms with Gasteiger partial charge in [-0.15, -0.1) is 0 Å². The van der Waals surface area contributed by atoms with E-state index < -0.39 is 0 Å². The van der Waals surface area contributed by atoms with E-state index in [0.29, 0.717) is 6.04 Å². The molecule has 0 radical (unpaired) electrons. The molecule has 1 atom stereocenters. The third-order valence-corrected chi connectivity index (χ3v) is 3.86. The van der Waals surface area contributed by atoms with E-state index in [2.05, 4.69) is 26.6 Å². The lowest BCUT2D eigenvalue weighted by Gasteiger charge is -2.22. The maximum Gasteiger partial charge on any atom is 0.0945 e. The van der Waals surface area contributed by atoms with Crippen molar-refractivity contribution in [2.24, 2.45) is 7.05 Å². The topological polar surface area (TPSA) is 29.9 Å². The van der Waals surface area contributed by atoms with Crippen LogP contribution in [-0.2, 0) is 13.6 Å². The van der Waals surface area contributed by atoms with Gasteiger partial charge in [0.2, 0.25) is 0 Å². The van der Waals surface area contributed by atoms with Crippen LogP contribution in [0.1, 0.15) is 18.5 Å².